The average molecular weight is 313 g/mol. The molecule has 0 saturated heterocycles. The maximum absolute atomic E-state index is 12.6. The van der Waals surface area contributed by atoms with Crippen LogP contribution in [0.3, 0.4) is 0 Å². The predicted octanol–water partition coefficient (Wildman–Crippen LogP) is 2.58. The first-order valence-corrected chi connectivity index (χ1v) is 8.37. The molecule has 1 aliphatic carbocycles. The van der Waals surface area contributed by atoms with Crippen LogP contribution < -0.4 is 5.43 Å². The lowest BCUT2D eigenvalue weighted by Gasteiger charge is -2.27. The Morgan fingerprint density at radius 3 is 2.65 bits per heavy atom. The number of carbonyl (C=O) groups is 1. The molecular formula is C18H23N3O2. The molecule has 3 rings (SSSR count). The Bertz CT molecular complexity index is 745. The van der Waals surface area contributed by atoms with E-state index in [-0.39, 0.29) is 17.9 Å². The maximum atomic E-state index is 12.6. The van der Waals surface area contributed by atoms with Gasteiger partial charge in [0.2, 0.25) is 11.3 Å². The molecule has 1 aliphatic rings. The van der Waals surface area contributed by atoms with Crippen molar-refractivity contribution in [3.05, 3.63) is 40.7 Å². The second-order valence-electron chi connectivity index (χ2n) is 6.33. The fourth-order valence-electron chi connectivity index (χ4n) is 3.38. The Morgan fingerprint density at radius 2 is 1.91 bits per heavy atom. The summed E-state index contributed by atoms with van der Waals surface area (Å²) in [6.07, 6.45) is 8.39. The zero-order valence-corrected chi connectivity index (χ0v) is 13.6. The second-order valence-corrected chi connectivity index (χ2v) is 6.33. The smallest absolute Gasteiger partial charge is 0.244 e. The van der Waals surface area contributed by atoms with Crippen molar-refractivity contribution >= 4 is 16.8 Å². The SMILES string of the molecule is CN(C(=O)Cn1ncc(=O)c2ccccc21)C1CCCCCC1. The number of aromatic nitrogens is 2. The van der Waals surface area contributed by atoms with Crippen LogP contribution in [-0.4, -0.2) is 33.7 Å². The molecule has 5 nitrogen and oxygen atoms in total. The van der Waals surface area contributed by atoms with Crippen molar-refractivity contribution in [2.75, 3.05) is 7.05 Å². The van der Waals surface area contributed by atoms with E-state index in [0.717, 1.165) is 12.8 Å². The summed E-state index contributed by atoms with van der Waals surface area (Å²) in [5.74, 6) is 0.0539. The van der Waals surface area contributed by atoms with E-state index in [1.165, 1.54) is 31.9 Å². The summed E-state index contributed by atoms with van der Waals surface area (Å²) in [6.45, 7) is 0.174. The predicted molar refractivity (Wildman–Crippen MR) is 90.3 cm³/mol. The van der Waals surface area contributed by atoms with Crippen LogP contribution in [0.1, 0.15) is 38.5 Å². The fraction of sp³-hybridized carbons (Fsp3) is 0.500. The largest absolute Gasteiger partial charge is 0.341 e. The van der Waals surface area contributed by atoms with E-state index in [1.54, 1.807) is 10.7 Å². The molecule has 1 heterocycles. The van der Waals surface area contributed by atoms with E-state index < -0.39 is 0 Å². The van der Waals surface area contributed by atoms with E-state index >= 15 is 0 Å². The van der Waals surface area contributed by atoms with Crippen molar-refractivity contribution in [2.45, 2.75) is 51.1 Å². The van der Waals surface area contributed by atoms with Crippen molar-refractivity contribution in [2.24, 2.45) is 0 Å². The van der Waals surface area contributed by atoms with Gasteiger partial charge in [-0.3, -0.25) is 14.3 Å². The molecule has 5 heteroatoms. The van der Waals surface area contributed by atoms with Gasteiger partial charge in [0.25, 0.3) is 0 Å². The first-order chi connectivity index (χ1) is 11.2. The van der Waals surface area contributed by atoms with Gasteiger partial charge in [-0.1, -0.05) is 37.8 Å². The molecule has 1 aromatic carbocycles. The van der Waals surface area contributed by atoms with E-state index in [0.29, 0.717) is 16.9 Å². The number of amides is 1. The van der Waals surface area contributed by atoms with Gasteiger partial charge >= 0.3 is 0 Å². The molecule has 0 aliphatic heterocycles. The summed E-state index contributed by atoms with van der Waals surface area (Å²) < 4.78 is 1.63. The van der Waals surface area contributed by atoms with Gasteiger partial charge in [0.15, 0.2) is 0 Å². The van der Waals surface area contributed by atoms with E-state index in [4.69, 9.17) is 0 Å². The van der Waals surface area contributed by atoms with Crippen molar-refractivity contribution in [3.63, 3.8) is 0 Å². The summed E-state index contributed by atoms with van der Waals surface area (Å²) >= 11 is 0. The van der Waals surface area contributed by atoms with Gasteiger partial charge < -0.3 is 4.90 Å². The highest BCUT2D eigenvalue weighted by molar-refractivity contribution is 5.81. The van der Waals surface area contributed by atoms with Crippen LogP contribution in [0.25, 0.3) is 10.9 Å². The molecule has 2 aromatic rings. The second kappa shape index (κ2) is 6.94. The Balaban J connectivity index is 1.80. The van der Waals surface area contributed by atoms with E-state index in [9.17, 15) is 9.59 Å². The third-order valence-electron chi connectivity index (χ3n) is 4.81. The Kier molecular flexibility index (Phi) is 4.74. The van der Waals surface area contributed by atoms with Gasteiger partial charge in [-0.15, -0.1) is 0 Å². The van der Waals surface area contributed by atoms with Crippen LogP contribution in [0.15, 0.2) is 35.3 Å². The Labute approximate surface area is 135 Å². The maximum Gasteiger partial charge on any atom is 0.244 e. The molecule has 0 radical (unpaired) electrons. The molecule has 0 spiro atoms. The van der Waals surface area contributed by atoms with Crippen molar-refractivity contribution in [1.29, 1.82) is 0 Å². The highest BCUT2D eigenvalue weighted by atomic mass is 16.2. The minimum Gasteiger partial charge on any atom is -0.341 e. The molecule has 1 saturated carbocycles. The zero-order chi connectivity index (χ0) is 16.2. The standard InChI is InChI=1S/C18H23N3O2/c1-20(14-8-4-2-3-5-9-14)18(23)13-21-16-11-7-6-10-15(16)17(22)12-19-21/h6-7,10-12,14H,2-5,8-9,13H2,1H3. The number of hydrogen-bond donors (Lipinski definition) is 0. The molecule has 1 fully saturated rings. The van der Waals surface area contributed by atoms with Gasteiger partial charge in [-0.25, -0.2) is 0 Å². The first-order valence-electron chi connectivity index (χ1n) is 8.37. The van der Waals surface area contributed by atoms with Gasteiger partial charge in [0.1, 0.15) is 6.54 Å². The summed E-state index contributed by atoms with van der Waals surface area (Å²) in [4.78, 5) is 26.4. The van der Waals surface area contributed by atoms with Crippen molar-refractivity contribution < 1.29 is 4.79 Å². The first kappa shape index (κ1) is 15.7. The summed E-state index contributed by atoms with van der Waals surface area (Å²) in [5.41, 5.74) is 0.601. The van der Waals surface area contributed by atoms with Crippen LogP contribution in [0.5, 0.6) is 0 Å². The van der Waals surface area contributed by atoms with Crippen LogP contribution in [-0.2, 0) is 11.3 Å². The third kappa shape index (κ3) is 3.44. The van der Waals surface area contributed by atoms with Crippen LogP contribution in [0.4, 0.5) is 0 Å². The van der Waals surface area contributed by atoms with Gasteiger partial charge in [0.05, 0.1) is 11.7 Å². The summed E-state index contributed by atoms with van der Waals surface area (Å²) in [5, 5.41) is 4.75. The van der Waals surface area contributed by atoms with Crippen LogP contribution in [0.2, 0.25) is 0 Å². The number of carbonyl (C=O) groups excluding carboxylic acids is 1. The van der Waals surface area contributed by atoms with Gasteiger partial charge in [-0.2, -0.15) is 5.10 Å². The molecule has 0 unspecified atom stereocenters. The van der Waals surface area contributed by atoms with Gasteiger partial charge in [-0.05, 0) is 25.0 Å². The Hall–Kier alpha value is -2.17. The van der Waals surface area contributed by atoms with Gasteiger partial charge in [0, 0.05) is 18.5 Å². The van der Waals surface area contributed by atoms with Crippen molar-refractivity contribution in [1.82, 2.24) is 14.7 Å². The highest BCUT2D eigenvalue weighted by Crippen LogP contribution is 2.21. The normalized spacial score (nSPS) is 16.2. The topological polar surface area (TPSA) is 55.2 Å². The fourth-order valence-corrected chi connectivity index (χ4v) is 3.38. The van der Waals surface area contributed by atoms with E-state index in [1.807, 2.05) is 30.1 Å². The molecule has 122 valence electrons. The molecular weight excluding hydrogens is 290 g/mol. The Morgan fingerprint density at radius 1 is 1.22 bits per heavy atom. The zero-order valence-electron chi connectivity index (χ0n) is 13.6. The molecule has 0 N–H and O–H groups in total. The minimum atomic E-state index is -0.110. The summed E-state index contributed by atoms with van der Waals surface area (Å²) in [6, 6.07) is 7.63. The monoisotopic (exact) mass is 313 g/mol. The lowest BCUT2D eigenvalue weighted by molar-refractivity contribution is -0.133. The summed E-state index contributed by atoms with van der Waals surface area (Å²) in [7, 11) is 1.89. The lowest BCUT2D eigenvalue weighted by atomic mass is 10.1. The minimum absolute atomic E-state index is 0.0539. The molecule has 23 heavy (non-hydrogen) atoms. The van der Waals surface area contributed by atoms with Crippen LogP contribution >= 0.6 is 0 Å². The lowest BCUT2D eigenvalue weighted by Crippen LogP contribution is -2.39. The molecule has 0 atom stereocenters. The number of nitrogens with zero attached hydrogens (tertiary/aromatic N) is 3. The average Bonchev–Trinajstić information content (AvgIpc) is 2.86. The molecule has 1 amide bonds. The molecule has 0 bridgehead atoms. The van der Waals surface area contributed by atoms with Crippen LogP contribution in [0, 0.1) is 0 Å². The highest BCUT2D eigenvalue weighted by Gasteiger charge is 2.21. The molecule has 1 aromatic heterocycles. The number of rotatable bonds is 3. The van der Waals surface area contributed by atoms with E-state index in [2.05, 4.69) is 5.10 Å². The number of hydrogen-bond acceptors (Lipinski definition) is 3. The number of para-hydroxylation sites is 1. The number of likely N-dealkylation sites (N-methyl/N-ethyl adjacent to an activating group) is 1. The van der Waals surface area contributed by atoms with Crippen molar-refractivity contribution in [3.8, 4) is 0 Å². The third-order valence-corrected chi connectivity index (χ3v) is 4.81. The number of benzene rings is 1. The quantitative estimate of drug-likeness (QED) is 0.818. The number of fused-ring (bicyclic) bond motifs is 1.